The van der Waals surface area contributed by atoms with Gasteiger partial charge in [0.25, 0.3) is 0 Å². The highest BCUT2D eigenvalue weighted by Gasteiger charge is 2.27. The highest BCUT2D eigenvalue weighted by Crippen LogP contribution is 2.19. The van der Waals surface area contributed by atoms with Crippen molar-refractivity contribution in [2.24, 2.45) is 0 Å². The molecule has 0 radical (unpaired) electrons. The van der Waals surface area contributed by atoms with Gasteiger partial charge in [0.1, 0.15) is 0 Å². The second-order valence-corrected chi connectivity index (χ2v) is 6.92. The van der Waals surface area contributed by atoms with E-state index >= 15 is 0 Å². The van der Waals surface area contributed by atoms with Crippen LogP contribution in [0.25, 0.3) is 0 Å². The van der Waals surface area contributed by atoms with E-state index in [0.717, 1.165) is 44.0 Å². The number of carbonyl (C=O) groups is 1. The molecule has 2 amide bonds. The van der Waals surface area contributed by atoms with Crippen LogP contribution in [0.5, 0.6) is 0 Å². The first-order valence-electron chi connectivity index (χ1n) is 9.01. The summed E-state index contributed by atoms with van der Waals surface area (Å²) in [7, 11) is 4.09. The molecule has 1 aliphatic rings. The first-order valence-corrected chi connectivity index (χ1v) is 9.01. The second-order valence-electron chi connectivity index (χ2n) is 6.92. The summed E-state index contributed by atoms with van der Waals surface area (Å²) in [4.78, 5) is 19.4. The summed E-state index contributed by atoms with van der Waals surface area (Å²) >= 11 is 0. The third-order valence-electron chi connectivity index (χ3n) is 4.83. The molecule has 0 spiro atoms. The lowest BCUT2D eigenvalue weighted by atomic mass is 10.2. The van der Waals surface area contributed by atoms with Crippen molar-refractivity contribution in [2.45, 2.75) is 32.7 Å². The molecule has 134 valence electrons. The summed E-state index contributed by atoms with van der Waals surface area (Å²) in [6.45, 7) is 8.87. The molecule has 1 saturated heterocycles. The zero-order chi connectivity index (χ0) is 17.5. The summed E-state index contributed by atoms with van der Waals surface area (Å²) < 4.78 is 0. The lowest BCUT2D eigenvalue weighted by Gasteiger charge is -2.31. The topological polar surface area (TPSA) is 38.8 Å². The minimum absolute atomic E-state index is 0.00843. The third kappa shape index (κ3) is 5.21. The van der Waals surface area contributed by atoms with Crippen molar-refractivity contribution < 1.29 is 4.79 Å². The van der Waals surface area contributed by atoms with Crippen LogP contribution in [-0.4, -0.2) is 73.6 Å². The molecule has 0 aromatic heterocycles. The van der Waals surface area contributed by atoms with Gasteiger partial charge in [-0.25, -0.2) is 4.79 Å². The minimum atomic E-state index is 0.00843. The van der Waals surface area contributed by atoms with Gasteiger partial charge in [-0.05, 0) is 58.6 Å². The second kappa shape index (κ2) is 9.04. The molecule has 0 unspecified atom stereocenters. The normalized spacial score (nSPS) is 18.1. The lowest BCUT2D eigenvalue weighted by molar-refractivity contribution is 0.172. The standard InChI is InChI=1S/C19H32N4O/c1-5-22-12-8-10-17(22)15-23(14-13-21(3)4)19(24)20-18-11-7-6-9-16(18)2/h6-7,9,11,17H,5,8,10,12-15H2,1-4H3,(H,20,24)/t17-/m0/s1. The Morgan fingerprint density at radius 1 is 1.29 bits per heavy atom. The van der Waals surface area contributed by atoms with Crippen molar-refractivity contribution >= 4 is 11.7 Å². The Hall–Kier alpha value is -1.59. The largest absolute Gasteiger partial charge is 0.322 e. The molecular weight excluding hydrogens is 300 g/mol. The molecule has 1 aliphatic heterocycles. The van der Waals surface area contributed by atoms with Crippen LogP contribution in [0, 0.1) is 6.92 Å². The number of para-hydroxylation sites is 1. The number of nitrogens with zero attached hydrogens (tertiary/aromatic N) is 3. The number of nitrogens with one attached hydrogen (secondary N) is 1. The van der Waals surface area contributed by atoms with Crippen LogP contribution in [0.3, 0.4) is 0 Å². The molecule has 24 heavy (non-hydrogen) atoms. The van der Waals surface area contributed by atoms with Crippen molar-refractivity contribution in [3.05, 3.63) is 29.8 Å². The molecule has 1 N–H and O–H groups in total. The maximum Gasteiger partial charge on any atom is 0.321 e. The molecule has 0 bridgehead atoms. The van der Waals surface area contributed by atoms with E-state index in [2.05, 4.69) is 22.0 Å². The van der Waals surface area contributed by atoms with Gasteiger partial charge in [-0.1, -0.05) is 25.1 Å². The van der Waals surface area contributed by atoms with Crippen molar-refractivity contribution in [2.75, 3.05) is 52.1 Å². The van der Waals surface area contributed by atoms with Gasteiger partial charge in [-0.3, -0.25) is 4.90 Å². The summed E-state index contributed by atoms with van der Waals surface area (Å²) in [5, 5.41) is 3.09. The van der Waals surface area contributed by atoms with E-state index in [4.69, 9.17) is 0 Å². The predicted molar refractivity (Wildman–Crippen MR) is 101 cm³/mol. The maximum atomic E-state index is 12.8. The lowest BCUT2D eigenvalue weighted by Crippen LogP contribution is -2.46. The third-order valence-corrected chi connectivity index (χ3v) is 4.83. The number of aryl methyl sites for hydroxylation is 1. The Kier molecular flexibility index (Phi) is 7.06. The number of likely N-dealkylation sites (N-methyl/N-ethyl adjacent to an activating group) is 2. The number of rotatable bonds is 7. The molecule has 0 saturated carbocycles. The predicted octanol–water partition coefficient (Wildman–Crippen LogP) is 2.87. The molecule has 1 heterocycles. The van der Waals surface area contributed by atoms with Gasteiger partial charge in [0.2, 0.25) is 0 Å². The summed E-state index contributed by atoms with van der Waals surface area (Å²) in [6.07, 6.45) is 2.42. The average molecular weight is 332 g/mol. The van der Waals surface area contributed by atoms with Crippen LogP contribution in [0.2, 0.25) is 0 Å². The number of hydrogen-bond donors (Lipinski definition) is 1. The van der Waals surface area contributed by atoms with Gasteiger partial charge in [0.15, 0.2) is 0 Å². The highest BCUT2D eigenvalue weighted by atomic mass is 16.2. The SMILES string of the molecule is CCN1CCC[C@H]1CN(CCN(C)C)C(=O)Nc1ccccc1C. The summed E-state index contributed by atoms with van der Waals surface area (Å²) in [5.41, 5.74) is 1.99. The van der Waals surface area contributed by atoms with Crippen LogP contribution in [0.4, 0.5) is 10.5 Å². The van der Waals surface area contributed by atoms with E-state index in [1.165, 1.54) is 12.8 Å². The molecule has 2 rings (SSSR count). The Labute approximate surface area is 146 Å². The Bertz CT molecular complexity index is 532. The van der Waals surface area contributed by atoms with Gasteiger partial charge in [0.05, 0.1) is 0 Å². The fourth-order valence-corrected chi connectivity index (χ4v) is 3.28. The number of amides is 2. The number of hydrogen-bond acceptors (Lipinski definition) is 3. The number of urea groups is 1. The zero-order valence-electron chi connectivity index (χ0n) is 15.6. The molecule has 5 heteroatoms. The first kappa shape index (κ1) is 18.7. The van der Waals surface area contributed by atoms with E-state index in [-0.39, 0.29) is 6.03 Å². The van der Waals surface area contributed by atoms with E-state index < -0.39 is 0 Å². The number of benzene rings is 1. The van der Waals surface area contributed by atoms with Crippen LogP contribution in [0.15, 0.2) is 24.3 Å². The smallest absolute Gasteiger partial charge is 0.321 e. The van der Waals surface area contributed by atoms with Crippen LogP contribution in [0.1, 0.15) is 25.3 Å². The van der Waals surface area contributed by atoms with Crippen LogP contribution < -0.4 is 5.32 Å². The monoisotopic (exact) mass is 332 g/mol. The van der Waals surface area contributed by atoms with Crippen molar-refractivity contribution in [3.8, 4) is 0 Å². The van der Waals surface area contributed by atoms with Crippen molar-refractivity contribution in [1.82, 2.24) is 14.7 Å². The first-order chi connectivity index (χ1) is 11.5. The Balaban J connectivity index is 2.04. The van der Waals surface area contributed by atoms with Crippen LogP contribution in [-0.2, 0) is 0 Å². The van der Waals surface area contributed by atoms with Crippen LogP contribution >= 0.6 is 0 Å². The molecule has 1 aromatic carbocycles. The molecule has 1 atom stereocenters. The molecule has 0 aliphatic carbocycles. The quantitative estimate of drug-likeness (QED) is 0.834. The van der Waals surface area contributed by atoms with Gasteiger partial charge >= 0.3 is 6.03 Å². The zero-order valence-corrected chi connectivity index (χ0v) is 15.6. The molecule has 1 fully saturated rings. The van der Waals surface area contributed by atoms with E-state index in [1.54, 1.807) is 0 Å². The van der Waals surface area contributed by atoms with Crippen molar-refractivity contribution in [3.63, 3.8) is 0 Å². The number of anilines is 1. The summed E-state index contributed by atoms with van der Waals surface area (Å²) in [6, 6.07) is 8.43. The van der Waals surface area contributed by atoms with E-state index in [9.17, 15) is 4.79 Å². The van der Waals surface area contributed by atoms with Gasteiger partial charge in [0, 0.05) is 31.4 Å². The number of likely N-dealkylation sites (tertiary alicyclic amines) is 1. The number of carbonyl (C=O) groups excluding carboxylic acids is 1. The Morgan fingerprint density at radius 3 is 2.71 bits per heavy atom. The van der Waals surface area contributed by atoms with E-state index in [1.807, 2.05) is 50.2 Å². The minimum Gasteiger partial charge on any atom is -0.322 e. The molecule has 1 aromatic rings. The van der Waals surface area contributed by atoms with E-state index in [0.29, 0.717) is 6.04 Å². The fourth-order valence-electron chi connectivity index (χ4n) is 3.28. The molecule has 5 nitrogen and oxygen atoms in total. The fraction of sp³-hybridized carbons (Fsp3) is 0.632. The van der Waals surface area contributed by atoms with Gasteiger partial charge in [-0.15, -0.1) is 0 Å². The Morgan fingerprint density at radius 2 is 2.04 bits per heavy atom. The molecular formula is C19H32N4O. The highest BCUT2D eigenvalue weighted by molar-refractivity contribution is 5.90. The van der Waals surface area contributed by atoms with Gasteiger partial charge < -0.3 is 15.1 Å². The van der Waals surface area contributed by atoms with Crippen molar-refractivity contribution in [1.29, 1.82) is 0 Å². The average Bonchev–Trinajstić information content (AvgIpc) is 3.00. The van der Waals surface area contributed by atoms with Gasteiger partial charge in [-0.2, -0.15) is 0 Å². The maximum absolute atomic E-state index is 12.8. The summed E-state index contributed by atoms with van der Waals surface area (Å²) in [5.74, 6) is 0.